The Labute approximate surface area is 341 Å². The van der Waals surface area contributed by atoms with Gasteiger partial charge in [-0.15, -0.1) is 0 Å². The second-order valence-corrected chi connectivity index (χ2v) is 20.7. The summed E-state index contributed by atoms with van der Waals surface area (Å²) in [5, 5.41) is 18.7. The highest BCUT2D eigenvalue weighted by Crippen LogP contribution is 2.46. The van der Waals surface area contributed by atoms with Gasteiger partial charge >= 0.3 is 7.60 Å². The molecule has 2 N–H and O–H groups in total. The van der Waals surface area contributed by atoms with Crippen LogP contribution in [0.25, 0.3) is 33.6 Å². The summed E-state index contributed by atoms with van der Waals surface area (Å²) in [4.78, 5) is 0. The van der Waals surface area contributed by atoms with E-state index >= 15 is 0 Å². The Hall–Kier alpha value is -4.66. The van der Waals surface area contributed by atoms with E-state index in [0.29, 0.717) is 19.3 Å². The number of aromatic nitrogens is 4. The molecule has 10 nitrogen and oxygen atoms in total. The smallest absolute Gasteiger partial charge is 0.336 e. The van der Waals surface area contributed by atoms with E-state index in [1.54, 1.807) is 0 Å². The molecule has 4 heterocycles. The van der Waals surface area contributed by atoms with Crippen LogP contribution in [0.3, 0.4) is 0 Å². The molecule has 0 radical (unpaired) electrons. The van der Waals surface area contributed by atoms with Gasteiger partial charge in [0.1, 0.15) is 13.3 Å². The van der Waals surface area contributed by atoms with Crippen LogP contribution in [-0.2, 0) is 36.7 Å². The van der Waals surface area contributed by atoms with Gasteiger partial charge in [0.2, 0.25) is 11.4 Å². The third kappa shape index (κ3) is 9.45. The molecule has 0 amide bonds. The molecule has 58 heavy (non-hydrogen) atoms. The lowest BCUT2D eigenvalue weighted by Crippen LogP contribution is -2.34. The Balaban J connectivity index is 1.01. The number of rotatable bonds is 16. The minimum absolute atomic E-state index is 0.0239. The summed E-state index contributed by atoms with van der Waals surface area (Å²) in [5.74, 6) is 0. The van der Waals surface area contributed by atoms with Crippen LogP contribution >= 0.6 is 14.7 Å². The van der Waals surface area contributed by atoms with Gasteiger partial charge < -0.3 is 23.8 Å². The maximum absolute atomic E-state index is 12.4. The lowest BCUT2D eigenvalue weighted by Gasteiger charge is -2.38. The SMILES string of the molecule is COP(=O)(CC[n+]1ccc(-c2cc[n+](-c3ccc(C4(c5ccc(-[n+]6ccc(-c7cc[n+](CCP(=O)(CO)CO)cc7)cc6)cc5)CCCCC4)cc3)cc2)cc1)OC. The van der Waals surface area contributed by atoms with Gasteiger partial charge in [-0.3, -0.25) is 4.57 Å². The van der Waals surface area contributed by atoms with Crippen LogP contribution < -0.4 is 18.3 Å². The van der Waals surface area contributed by atoms with Crippen LogP contribution in [0, 0.1) is 0 Å². The fourth-order valence-corrected chi connectivity index (χ4v) is 9.92. The van der Waals surface area contributed by atoms with Gasteiger partial charge in [-0.2, -0.15) is 9.13 Å². The molecule has 4 aromatic heterocycles. The van der Waals surface area contributed by atoms with Crippen LogP contribution in [0.4, 0.5) is 0 Å². The lowest BCUT2D eigenvalue weighted by atomic mass is 9.65. The van der Waals surface area contributed by atoms with E-state index in [9.17, 15) is 19.3 Å². The molecule has 1 fully saturated rings. The van der Waals surface area contributed by atoms with Gasteiger partial charge in [0.25, 0.3) is 0 Å². The van der Waals surface area contributed by atoms with Crippen LogP contribution in [0.5, 0.6) is 0 Å². The molecule has 12 heteroatoms. The van der Waals surface area contributed by atoms with Gasteiger partial charge in [0.15, 0.2) is 62.7 Å². The number of hydrogen-bond donors (Lipinski definition) is 2. The zero-order valence-electron chi connectivity index (χ0n) is 33.3. The summed E-state index contributed by atoms with van der Waals surface area (Å²) in [5.41, 5.74) is 9.32. The van der Waals surface area contributed by atoms with Crippen molar-refractivity contribution in [2.45, 2.75) is 50.6 Å². The summed E-state index contributed by atoms with van der Waals surface area (Å²) in [6.45, 7) is 1.01. The van der Waals surface area contributed by atoms with Crippen molar-refractivity contribution in [1.82, 2.24) is 0 Å². The standard InChI is InChI=1S/C46H54N4O6P2/c1-55-58(54,56-2)35-33-48-26-16-39(17-27-48)41-20-30-50(31-21-41)45-12-8-43(9-13-45)46(22-4-3-5-23-46)42-6-10-44(11-7-42)49-28-18-40(19-29-49)38-14-24-47(25-15-38)32-34-57(53,36-51)37-52/h6-21,24-31,51-52H,3-5,22-23,32-37H2,1-2H3/q+4. The van der Waals surface area contributed by atoms with Crippen LogP contribution in [-0.4, -0.2) is 49.5 Å². The van der Waals surface area contributed by atoms with E-state index in [4.69, 9.17) is 9.05 Å². The highest BCUT2D eigenvalue weighted by atomic mass is 31.2. The molecular formula is C46H54N4O6P2+4. The van der Waals surface area contributed by atoms with E-state index in [-0.39, 0.29) is 11.6 Å². The summed E-state index contributed by atoms with van der Waals surface area (Å²) in [6.07, 6.45) is 21.8. The van der Waals surface area contributed by atoms with Gasteiger partial charge in [0, 0.05) is 92.4 Å². The number of aryl methyl sites for hydroxylation is 2. The molecular weight excluding hydrogens is 766 g/mol. The highest BCUT2D eigenvalue weighted by molar-refractivity contribution is 7.63. The Morgan fingerprint density at radius 2 is 0.879 bits per heavy atom. The first-order valence-electron chi connectivity index (χ1n) is 19.9. The normalized spacial score (nSPS) is 14.3. The molecule has 0 unspecified atom stereocenters. The highest BCUT2D eigenvalue weighted by Gasteiger charge is 2.36. The van der Waals surface area contributed by atoms with E-state index < -0.39 is 27.4 Å². The van der Waals surface area contributed by atoms with Crippen molar-refractivity contribution in [3.05, 3.63) is 158 Å². The van der Waals surface area contributed by atoms with Crippen molar-refractivity contribution in [2.75, 3.05) is 39.2 Å². The fourth-order valence-electron chi connectivity index (χ4n) is 7.96. The molecule has 1 saturated carbocycles. The average molecular weight is 821 g/mol. The molecule has 1 aliphatic carbocycles. The van der Waals surface area contributed by atoms with Crippen LogP contribution in [0.2, 0.25) is 0 Å². The number of aliphatic hydroxyl groups excluding tert-OH is 2. The van der Waals surface area contributed by atoms with Crippen LogP contribution in [0.15, 0.2) is 147 Å². The molecule has 7 rings (SSSR count). The number of aliphatic hydroxyl groups is 2. The number of hydrogen-bond acceptors (Lipinski definition) is 6. The number of benzene rings is 2. The van der Waals surface area contributed by atoms with Gasteiger partial charge in [0.05, 0.1) is 18.9 Å². The second-order valence-electron chi connectivity index (χ2n) is 15.1. The Morgan fingerprint density at radius 1 is 0.517 bits per heavy atom. The van der Waals surface area contributed by atoms with E-state index in [0.717, 1.165) is 46.5 Å². The van der Waals surface area contributed by atoms with E-state index in [1.807, 2.05) is 46.1 Å². The minimum atomic E-state index is -3.05. The van der Waals surface area contributed by atoms with Crippen molar-refractivity contribution in [3.8, 4) is 33.6 Å². The molecule has 0 saturated heterocycles. The zero-order chi connectivity index (χ0) is 40.6. The Bertz CT molecular complexity index is 2170. The first kappa shape index (κ1) is 41.5. The zero-order valence-corrected chi connectivity index (χ0v) is 35.1. The average Bonchev–Trinajstić information content (AvgIpc) is 3.31. The predicted octanol–water partition coefficient (Wildman–Crippen LogP) is 7.15. The predicted molar refractivity (Wildman–Crippen MR) is 224 cm³/mol. The quantitative estimate of drug-likeness (QED) is 0.0794. The molecule has 0 bridgehead atoms. The maximum atomic E-state index is 12.4. The van der Waals surface area contributed by atoms with Crippen molar-refractivity contribution in [1.29, 1.82) is 0 Å². The molecule has 0 aliphatic heterocycles. The minimum Gasteiger partial charge on any atom is -0.389 e. The summed E-state index contributed by atoms with van der Waals surface area (Å²) < 4.78 is 43.1. The van der Waals surface area contributed by atoms with Crippen molar-refractivity contribution >= 4 is 14.7 Å². The second kappa shape index (κ2) is 18.5. The fraction of sp³-hybridized carbons (Fsp3) is 0.304. The molecule has 6 aromatic rings. The van der Waals surface area contributed by atoms with E-state index in [1.165, 1.54) is 44.6 Å². The Morgan fingerprint density at radius 3 is 1.24 bits per heavy atom. The number of pyridine rings is 4. The third-order valence-electron chi connectivity index (χ3n) is 11.7. The number of nitrogens with zero attached hydrogens (tertiary/aromatic N) is 4. The van der Waals surface area contributed by atoms with Gasteiger partial charge in [-0.1, -0.05) is 43.5 Å². The molecule has 1 aliphatic rings. The van der Waals surface area contributed by atoms with Gasteiger partial charge in [-0.05, 0) is 46.2 Å². The summed E-state index contributed by atoms with van der Waals surface area (Å²) >= 11 is 0. The van der Waals surface area contributed by atoms with Crippen molar-refractivity contribution in [3.63, 3.8) is 0 Å². The van der Waals surface area contributed by atoms with Crippen LogP contribution in [0.1, 0.15) is 43.2 Å². The summed E-state index contributed by atoms with van der Waals surface area (Å²) in [7, 11) is -3.15. The molecule has 2 aromatic carbocycles. The topological polar surface area (TPSA) is 109 Å². The third-order valence-corrected chi connectivity index (χ3v) is 15.6. The largest absolute Gasteiger partial charge is 0.389 e. The molecule has 0 atom stereocenters. The van der Waals surface area contributed by atoms with Crippen molar-refractivity contribution < 1.29 is 46.7 Å². The summed E-state index contributed by atoms with van der Waals surface area (Å²) in [6, 6.07) is 34.9. The first-order chi connectivity index (χ1) is 28.2. The lowest BCUT2D eigenvalue weighted by molar-refractivity contribution is -0.692. The van der Waals surface area contributed by atoms with E-state index in [2.05, 4.69) is 119 Å². The monoisotopic (exact) mass is 820 g/mol. The first-order valence-corrected chi connectivity index (χ1v) is 23.9. The van der Waals surface area contributed by atoms with Crippen molar-refractivity contribution in [2.24, 2.45) is 0 Å². The van der Waals surface area contributed by atoms with Gasteiger partial charge in [-0.25, -0.2) is 9.13 Å². The molecule has 300 valence electrons. The molecule has 0 spiro atoms. The Kier molecular flexibility index (Phi) is 13.2. The maximum Gasteiger partial charge on any atom is 0.336 e.